The Morgan fingerprint density at radius 1 is 1.53 bits per heavy atom. The van der Waals surface area contributed by atoms with Crippen LogP contribution in [0.4, 0.5) is 5.69 Å². The number of benzene rings is 1. The molecule has 0 amide bonds. The zero-order chi connectivity index (χ0) is 14.0. The van der Waals surface area contributed by atoms with Crippen LogP contribution in [0.3, 0.4) is 0 Å². The summed E-state index contributed by atoms with van der Waals surface area (Å²) in [5, 5.41) is 0. The van der Waals surface area contributed by atoms with Crippen LogP contribution < -0.4 is 10.6 Å². The van der Waals surface area contributed by atoms with E-state index in [0.717, 1.165) is 22.3 Å². The summed E-state index contributed by atoms with van der Waals surface area (Å²) in [6.07, 6.45) is 2.45. The van der Waals surface area contributed by atoms with Crippen molar-refractivity contribution in [3.05, 3.63) is 28.2 Å². The average molecular weight is 342 g/mol. The number of likely N-dealkylation sites (N-methyl/N-ethyl adjacent to an activating group) is 2. The molecule has 0 aliphatic carbocycles. The Labute approximate surface area is 128 Å². The molecular weight excluding hydrogens is 322 g/mol. The summed E-state index contributed by atoms with van der Waals surface area (Å²) in [4.78, 5) is 5.15. The normalized spacial score (nSPS) is 20.3. The third-order valence-corrected chi connectivity index (χ3v) is 4.47. The summed E-state index contributed by atoms with van der Waals surface area (Å²) in [6.45, 7) is 2.27. The first-order chi connectivity index (χ1) is 8.99. The molecule has 0 saturated carbocycles. The molecule has 1 atom stereocenters. The van der Waals surface area contributed by atoms with Crippen LogP contribution in [0.5, 0.6) is 0 Å². The molecule has 0 bridgehead atoms. The van der Waals surface area contributed by atoms with E-state index in [9.17, 15) is 0 Å². The summed E-state index contributed by atoms with van der Waals surface area (Å²) in [6, 6.07) is 6.59. The summed E-state index contributed by atoms with van der Waals surface area (Å²) < 4.78 is 1.05. The molecule has 2 N–H and O–H groups in total. The van der Waals surface area contributed by atoms with Gasteiger partial charge in [0, 0.05) is 35.4 Å². The molecule has 1 fully saturated rings. The number of likely N-dealkylation sites (tertiary alicyclic amines) is 1. The lowest BCUT2D eigenvalue weighted by Gasteiger charge is -2.38. The summed E-state index contributed by atoms with van der Waals surface area (Å²) >= 11 is 8.69. The second-order valence-corrected chi connectivity index (χ2v) is 6.55. The van der Waals surface area contributed by atoms with Crippen LogP contribution in [0.2, 0.25) is 0 Å². The van der Waals surface area contributed by atoms with Gasteiger partial charge in [-0.2, -0.15) is 0 Å². The largest absolute Gasteiger partial charge is 0.389 e. The predicted octanol–water partition coefficient (Wildman–Crippen LogP) is 2.61. The van der Waals surface area contributed by atoms with Crippen LogP contribution >= 0.6 is 28.1 Å². The smallest absolute Gasteiger partial charge is 0.106 e. The highest BCUT2D eigenvalue weighted by Gasteiger charge is 2.23. The quantitative estimate of drug-likeness (QED) is 0.856. The van der Waals surface area contributed by atoms with Crippen molar-refractivity contribution in [2.45, 2.75) is 18.9 Å². The first kappa shape index (κ1) is 14.8. The van der Waals surface area contributed by atoms with Gasteiger partial charge in [0.1, 0.15) is 4.99 Å². The van der Waals surface area contributed by atoms with Crippen LogP contribution in [-0.4, -0.2) is 43.1 Å². The van der Waals surface area contributed by atoms with Gasteiger partial charge >= 0.3 is 0 Å². The predicted molar refractivity (Wildman–Crippen MR) is 89.0 cm³/mol. The van der Waals surface area contributed by atoms with Gasteiger partial charge in [0.05, 0.1) is 0 Å². The van der Waals surface area contributed by atoms with E-state index in [-0.39, 0.29) is 0 Å². The maximum Gasteiger partial charge on any atom is 0.106 e. The van der Waals surface area contributed by atoms with Gasteiger partial charge in [0.25, 0.3) is 0 Å². The van der Waals surface area contributed by atoms with Gasteiger partial charge in [-0.3, -0.25) is 0 Å². The third-order valence-electron chi connectivity index (χ3n) is 3.75. The number of nitrogens with zero attached hydrogens (tertiary/aromatic N) is 2. The SMILES string of the molecule is CN1CCCC(N(C)c2cc(Br)ccc2C(N)=S)C1. The Bertz CT molecular complexity index is 478. The van der Waals surface area contributed by atoms with Crippen molar-refractivity contribution < 1.29 is 0 Å². The standard InChI is InChI=1S/C14H20BrN3S/c1-17-7-3-4-11(9-17)18(2)13-8-10(15)5-6-12(13)14(16)19/h5-6,8,11H,3-4,7,9H2,1-2H3,(H2,16,19). The van der Waals surface area contributed by atoms with Crippen LogP contribution in [-0.2, 0) is 0 Å². The van der Waals surface area contributed by atoms with E-state index in [1.54, 1.807) is 0 Å². The van der Waals surface area contributed by atoms with Crippen LogP contribution in [0.15, 0.2) is 22.7 Å². The zero-order valence-corrected chi connectivity index (χ0v) is 13.8. The minimum atomic E-state index is 0.457. The number of thiocarbonyl (C=S) groups is 1. The van der Waals surface area contributed by atoms with E-state index in [1.807, 2.05) is 12.1 Å². The summed E-state index contributed by atoms with van der Waals surface area (Å²) in [5.74, 6) is 0. The average Bonchev–Trinajstić information content (AvgIpc) is 2.37. The number of hydrogen-bond donors (Lipinski definition) is 1. The molecule has 1 saturated heterocycles. The Morgan fingerprint density at radius 2 is 2.26 bits per heavy atom. The van der Waals surface area contributed by atoms with Crippen LogP contribution in [0.1, 0.15) is 18.4 Å². The Kier molecular flexibility index (Phi) is 4.81. The van der Waals surface area contributed by atoms with Crippen molar-refractivity contribution in [3.63, 3.8) is 0 Å². The van der Waals surface area contributed by atoms with Gasteiger partial charge in [-0.25, -0.2) is 0 Å². The number of anilines is 1. The molecule has 0 radical (unpaired) electrons. The van der Waals surface area contributed by atoms with Crippen molar-refractivity contribution in [3.8, 4) is 0 Å². The first-order valence-electron chi connectivity index (χ1n) is 6.50. The molecule has 3 nitrogen and oxygen atoms in total. The molecule has 2 rings (SSSR count). The van der Waals surface area contributed by atoms with E-state index in [4.69, 9.17) is 18.0 Å². The van der Waals surface area contributed by atoms with Crippen LogP contribution in [0.25, 0.3) is 0 Å². The minimum absolute atomic E-state index is 0.457. The zero-order valence-electron chi connectivity index (χ0n) is 11.4. The topological polar surface area (TPSA) is 32.5 Å². The van der Waals surface area contributed by atoms with E-state index in [2.05, 4.69) is 45.9 Å². The molecule has 19 heavy (non-hydrogen) atoms. The second kappa shape index (κ2) is 6.20. The van der Waals surface area contributed by atoms with Crippen molar-refractivity contribution in [2.75, 3.05) is 32.1 Å². The van der Waals surface area contributed by atoms with Gasteiger partial charge in [-0.05, 0) is 44.6 Å². The lowest BCUT2D eigenvalue weighted by molar-refractivity contribution is 0.248. The molecular formula is C14H20BrN3S. The molecule has 1 aliphatic heterocycles. The number of nitrogens with two attached hydrogens (primary N) is 1. The van der Waals surface area contributed by atoms with E-state index >= 15 is 0 Å². The monoisotopic (exact) mass is 341 g/mol. The second-order valence-electron chi connectivity index (χ2n) is 5.19. The molecule has 0 spiro atoms. The molecule has 1 aromatic rings. The lowest BCUT2D eigenvalue weighted by atomic mass is 10.0. The maximum atomic E-state index is 5.84. The summed E-state index contributed by atoms with van der Waals surface area (Å²) in [5.41, 5.74) is 7.90. The number of rotatable bonds is 3. The molecule has 0 aromatic heterocycles. The van der Waals surface area contributed by atoms with Gasteiger partial charge < -0.3 is 15.5 Å². The number of hydrogen-bond acceptors (Lipinski definition) is 3. The van der Waals surface area contributed by atoms with Crippen molar-refractivity contribution in [2.24, 2.45) is 5.73 Å². The fourth-order valence-electron chi connectivity index (χ4n) is 2.66. The van der Waals surface area contributed by atoms with Gasteiger partial charge in [-0.1, -0.05) is 28.1 Å². The molecule has 1 unspecified atom stereocenters. The number of halogens is 1. The van der Waals surface area contributed by atoms with E-state index in [0.29, 0.717) is 11.0 Å². The fourth-order valence-corrected chi connectivity index (χ4v) is 3.18. The summed E-state index contributed by atoms with van der Waals surface area (Å²) in [7, 11) is 4.31. The van der Waals surface area contributed by atoms with Gasteiger partial charge in [0.2, 0.25) is 0 Å². The van der Waals surface area contributed by atoms with Crippen molar-refractivity contribution in [1.29, 1.82) is 0 Å². The van der Waals surface area contributed by atoms with Crippen molar-refractivity contribution >= 4 is 38.8 Å². The highest BCUT2D eigenvalue weighted by Crippen LogP contribution is 2.28. The minimum Gasteiger partial charge on any atom is -0.389 e. The highest BCUT2D eigenvalue weighted by atomic mass is 79.9. The molecule has 104 valence electrons. The fraction of sp³-hybridized carbons (Fsp3) is 0.500. The first-order valence-corrected chi connectivity index (χ1v) is 7.70. The van der Waals surface area contributed by atoms with Gasteiger partial charge in [0.15, 0.2) is 0 Å². The lowest BCUT2D eigenvalue weighted by Crippen LogP contribution is -2.45. The van der Waals surface area contributed by atoms with Crippen molar-refractivity contribution in [1.82, 2.24) is 4.90 Å². The third kappa shape index (κ3) is 3.46. The molecule has 1 aliphatic rings. The number of piperidine rings is 1. The Balaban J connectivity index is 2.29. The highest BCUT2D eigenvalue weighted by molar-refractivity contribution is 9.10. The molecule has 5 heteroatoms. The van der Waals surface area contributed by atoms with Crippen LogP contribution in [0, 0.1) is 0 Å². The molecule has 1 aromatic carbocycles. The van der Waals surface area contributed by atoms with E-state index < -0.39 is 0 Å². The van der Waals surface area contributed by atoms with Gasteiger partial charge in [-0.15, -0.1) is 0 Å². The Hall–Kier alpha value is -0.650. The van der Waals surface area contributed by atoms with E-state index in [1.165, 1.54) is 19.4 Å². The Morgan fingerprint density at radius 3 is 2.89 bits per heavy atom. The molecule has 1 heterocycles. The maximum absolute atomic E-state index is 5.84.